The molecular weight excluding hydrogens is 304 g/mol. The molecule has 8 heteroatoms. The number of rotatable bonds is 5. The van der Waals surface area contributed by atoms with Gasteiger partial charge >= 0.3 is 0 Å². The summed E-state index contributed by atoms with van der Waals surface area (Å²) in [7, 11) is 0. The maximum absolute atomic E-state index is 10.6. The van der Waals surface area contributed by atoms with Crippen LogP contribution in [0.15, 0.2) is 0 Å². The molecule has 4 atom stereocenters. The van der Waals surface area contributed by atoms with E-state index in [0.29, 0.717) is 26.2 Å². The normalized spacial score (nSPS) is 50.6. The minimum atomic E-state index is -1.59. The average molecular weight is 334 g/mol. The van der Waals surface area contributed by atoms with E-state index in [2.05, 4.69) is 13.8 Å². The highest BCUT2D eigenvalue weighted by atomic mass is 16.4. The van der Waals surface area contributed by atoms with E-state index in [1.54, 1.807) is 0 Å². The van der Waals surface area contributed by atoms with Crippen molar-refractivity contribution >= 4 is 0 Å². The Labute approximate surface area is 135 Å². The summed E-state index contributed by atoms with van der Waals surface area (Å²) < 4.78 is 0. The summed E-state index contributed by atoms with van der Waals surface area (Å²) in [5, 5.41) is 59.7. The van der Waals surface area contributed by atoms with Crippen LogP contribution in [0.5, 0.6) is 0 Å². The molecule has 0 aromatic rings. The monoisotopic (exact) mass is 334 g/mol. The Morgan fingerprint density at radius 3 is 1.74 bits per heavy atom. The van der Waals surface area contributed by atoms with E-state index in [0.717, 1.165) is 9.80 Å². The third-order valence-corrected chi connectivity index (χ3v) is 6.35. The Morgan fingerprint density at radius 2 is 1.35 bits per heavy atom. The Bertz CT molecular complexity index is 425. The summed E-state index contributed by atoms with van der Waals surface area (Å²) in [6.07, 6.45) is -6.48. The Morgan fingerprint density at radius 1 is 0.913 bits per heavy atom. The zero-order chi connectivity index (χ0) is 17.2. The smallest absolute Gasteiger partial charge is 0.242 e. The Hall–Kier alpha value is -0.320. The van der Waals surface area contributed by atoms with Crippen molar-refractivity contribution in [3.63, 3.8) is 0 Å². The van der Waals surface area contributed by atoms with Gasteiger partial charge in [0.2, 0.25) is 6.17 Å². The van der Waals surface area contributed by atoms with Crippen molar-refractivity contribution in [2.75, 3.05) is 32.8 Å². The molecule has 134 valence electrons. The van der Waals surface area contributed by atoms with Gasteiger partial charge in [0, 0.05) is 0 Å². The van der Waals surface area contributed by atoms with Gasteiger partial charge in [-0.25, -0.2) is 0 Å². The second-order valence-electron chi connectivity index (χ2n) is 8.43. The fourth-order valence-corrected chi connectivity index (χ4v) is 5.50. The summed E-state index contributed by atoms with van der Waals surface area (Å²) in [6.45, 7) is 6.29. The van der Waals surface area contributed by atoms with Crippen LogP contribution in [0.25, 0.3) is 0 Å². The first-order valence-electron chi connectivity index (χ1n) is 8.33. The van der Waals surface area contributed by atoms with Crippen molar-refractivity contribution < 1.29 is 40.4 Å². The van der Waals surface area contributed by atoms with E-state index < -0.39 is 31.0 Å². The highest BCUT2D eigenvalue weighted by Gasteiger charge is 2.69. The number of nitrogens with one attached hydrogen (secondary N) is 2. The lowest BCUT2D eigenvalue weighted by atomic mass is 9.60. The topological polar surface area (TPSA) is 130 Å². The van der Waals surface area contributed by atoms with E-state index in [1.807, 2.05) is 0 Å². The molecule has 8 nitrogen and oxygen atoms in total. The van der Waals surface area contributed by atoms with E-state index in [-0.39, 0.29) is 23.1 Å². The second-order valence-corrected chi connectivity index (χ2v) is 8.43. The first-order valence-corrected chi connectivity index (χ1v) is 8.33. The third kappa shape index (κ3) is 2.52. The van der Waals surface area contributed by atoms with Crippen molar-refractivity contribution in [2.24, 2.45) is 10.8 Å². The number of aliphatic hydroxyl groups is 6. The molecule has 4 aliphatic heterocycles. The van der Waals surface area contributed by atoms with Crippen LogP contribution >= 0.6 is 0 Å². The van der Waals surface area contributed by atoms with Crippen LogP contribution in [-0.4, -0.2) is 100 Å². The number of aliphatic hydroxyl groups excluding tert-OH is 6. The second kappa shape index (κ2) is 5.60. The van der Waals surface area contributed by atoms with Crippen LogP contribution in [0.4, 0.5) is 0 Å². The van der Waals surface area contributed by atoms with Gasteiger partial charge in [-0.3, -0.25) is 9.80 Å². The predicted octanol–water partition coefficient (Wildman–Crippen LogP) is -6.07. The summed E-state index contributed by atoms with van der Waals surface area (Å²) >= 11 is 0. The molecule has 0 saturated carbocycles. The minimum Gasteiger partial charge on any atom is -0.394 e. The van der Waals surface area contributed by atoms with Crippen LogP contribution in [0.2, 0.25) is 0 Å². The molecule has 8 N–H and O–H groups in total. The molecule has 0 unspecified atom stereocenters. The van der Waals surface area contributed by atoms with E-state index in [1.165, 1.54) is 0 Å². The molecule has 4 bridgehead atoms. The predicted molar refractivity (Wildman–Crippen MR) is 78.5 cm³/mol. The largest absolute Gasteiger partial charge is 0.394 e. The maximum atomic E-state index is 10.6. The van der Waals surface area contributed by atoms with Gasteiger partial charge in [0.05, 0.1) is 49.7 Å². The average Bonchev–Trinajstić information content (AvgIpc) is 2.48. The first kappa shape index (κ1) is 17.5. The zero-order valence-electron chi connectivity index (χ0n) is 13.7. The summed E-state index contributed by atoms with van der Waals surface area (Å²) in [5.74, 6) is 0. The lowest BCUT2D eigenvalue weighted by Crippen LogP contribution is -3.46. The van der Waals surface area contributed by atoms with Crippen LogP contribution < -0.4 is 9.80 Å². The molecule has 0 aliphatic carbocycles. The van der Waals surface area contributed by atoms with Crippen molar-refractivity contribution in [1.82, 2.24) is 0 Å². The van der Waals surface area contributed by atoms with E-state index >= 15 is 0 Å². The van der Waals surface area contributed by atoms with Gasteiger partial charge in [-0.2, -0.15) is 0 Å². The van der Waals surface area contributed by atoms with Crippen LogP contribution in [0.1, 0.15) is 13.8 Å². The molecule has 4 fully saturated rings. The number of hydrogen-bond acceptors (Lipinski definition) is 6. The summed E-state index contributed by atoms with van der Waals surface area (Å²) in [5.41, 5.74) is -0.416. The van der Waals surface area contributed by atoms with Crippen LogP contribution in [-0.2, 0) is 0 Å². The van der Waals surface area contributed by atoms with Crippen molar-refractivity contribution in [3.8, 4) is 0 Å². The SMILES string of the molecule is CC12C[NH+]3CC(C)(C[NH+](C1)C3[C@H](O)[C@@H](O)[C@H](O)[C@H](O)CO)C2O. The standard InChI is InChI=1S/C15H28N2O6/c1-14-4-16-6-15(2,13(14)23)7-17(5-14)12(16)11(22)10(21)9(20)8(19)3-18/h8-13,18-23H,3-7H2,1-2H3/p+2/t8-,9-,10+,11-,12?,13?,14?,15?/m1/s1. The van der Waals surface area contributed by atoms with Gasteiger partial charge in [0.15, 0.2) is 6.10 Å². The number of quaternary nitrogens is 2. The summed E-state index contributed by atoms with van der Waals surface area (Å²) in [4.78, 5) is 2.23. The zero-order valence-corrected chi connectivity index (χ0v) is 13.7. The molecule has 4 rings (SSSR count). The molecule has 0 radical (unpaired) electrons. The molecule has 23 heavy (non-hydrogen) atoms. The number of hydrogen-bond donors (Lipinski definition) is 8. The Kier molecular flexibility index (Phi) is 4.26. The molecule has 4 heterocycles. The molecule has 0 spiro atoms. The van der Waals surface area contributed by atoms with E-state index in [4.69, 9.17) is 5.11 Å². The molecular formula is C15H30N2O6+2. The van der Waals surface area contributed by atoms with Gasteiger partial charge in [-0.05, 0) is 13.8 Å². The Balaban J connectivity index is 1.78. The van der Waals surface area contributed by atoms with Crippen molar-refractivity contribution in [1.29, 1.82) is 0 Å². The van der Waals surface area contributed by atoms with Gasteiger partial charge in [0.1, 0.15) is 18.3 Å². The van der Waals surface area contributed by atoms with Gasteiger partial charge in [-0.1, -0.05) is 0 Å². The van der Waals surface area contributed by atoms with Gasteiger partial charge in [0.25, 0.3) is 0 Å². The maximum Gasteiger partial charge on any atom is 0.242 e. The molecule has 0 amide bonds. The van der Waals surface area contributed by atoms with Gasteiger partial charge in [-0.15, -0.1) is 0 Å². The van der Waals surface area contributed by atoms with Crippen LogP contribution in [0, 0.1) is 10.8 Å². The lowest BCUT2D eigenvalue weighted by molar-refractivity contribution is -1.18. The summed E-state index contributed by atoms with van der Waals surface area (Å²) in [6, 6.07) is 0. The van der Waals surface area contributed by atoms with E-state index in [9.17, 15) is 25.5 Å². The van der Waals surface area contributed by atoms with Crippen LogP contribution in [0.3, 0.4) is 0 Å². The number of piperidine rings is 2. The molecule has 4 aliphatic rings. The minimum absolute atomic E-state index is 0.208. The highest BCUT2D eigenvalue weighted by Crippen LogP contribution is 2.38. The molecule has 4 saturated heterocycles. The van der Waals surface area contributed by atoms with Crippen molar-refractivity contribution in [2.45, 2.75) is 50.5 Å². The lowest BCUT2D eigenvalue weighted by Gasteiger charge is -2.63. The molecule has 0 aromatic carbocycles. The highest BCUT2D eigenvalue weighted by molar-refractivity contribution is 5.01. The fraction of sp³-hybridized carbons (Fsp3) is 1.00. The first-order chi connectivity index (χ1) is 10.6. The quantitative estimate of drug-likeness (QED) is 0.253. The van der Waals surface area contributed by atoms with Gasteiger partial charge < -0.3 is 30.6 Å². The fourth-order valence-electron chi connectivity index (χ4n) is 5.50. The van der Waals surface area contributed by atoms with Crippen molar-refractivity contribution in [3.05, 3.63) is 0 Å². The third-order valence-electron chi connectivity index (χ3n) is 6.35. The molecule has 0 aromatic heterocycles.